The van der Waals surface area contributed by atoms with Gasteiger partial charge in [-0.3, -0.25) is 4.79 Å². The van der Waals surface area contributed by atoms with Gasteiger partial charge in [0.15, 0.2) is 11.6 Å². The van der Waals surface area contributed by atoms with Crippen LogP contribution < -0.4 is 10.5 Å². The molecule has 0 radical (unpaired) electrons. The van der Waals surface area contributed by atoms with Crippen molar-refractivity contribution >= 4 is 5.91 Å². The molecule has 0 aromatic heterocycles. The van der Waals surface area contributed by atoms with Gasteiger partial charge in [0.05, 0.1) is 7.11 Å². The molecule has 2 rings (SSSR count). The summed E-state index contributed by atoms with van der Waals surface area (Å²) in [6.45, 7) is 0.394. The second-order valence-corrected chi connectivity index (χ2v) is 5.43. The number of halogens is 1. The van der Waals surface area contributed by atoms with Crippen LogP contribution in [-0.4, -0.2) is 31.0 Å². The Morgan fingerprint density at radius 3 is 2.80 bits per heavy atom. The summed E-state index contributed by atoms with van der Waals surface area (Å²) >= 11 is 0. The zero-order chi connectivity index (χ0) is 14.7. The highest BCUT2D eigenvalue weighted by Gasteiger charge is 2.29. The van der Waals surface area contributed by atoms with Crippen molar-refractivity contribution < 1.29 is 13.9 Å². The molecule has 0 unspecified atom stereocenters. The molecule has 0 spiro atoms. The first-order valence-electron chi connectivity index (χ1n) is 6.84. The van der Waals surface area contributed by atoms with Gasteiger partial charge in [-0.25, -0.2) is 4.39 Å². The number of nitrogens with two attached hydrogens (primary N) is 1. The molecular formula is C15H21FN2O2. The molecule has 4 nitrogen and oxygen atoms in total. The van der Waals surface area contributed by atoms with E-state index in [1.165, 1.54) is 13.2 Å². The zero-order valence-electron chi connectivity index (χ0n) is 11.9. The Bertz CT molecular complexity index is 493. The molecule has 1 aromatic carbocycles. The first-order chi connectivity index (χ1) is 9.51. The number of amides is 1. The smallest absolute Gasteiger partial charge is 0.225 e. The number of carbonyl (C=O) groups excluding carboxylic acids is 1. The normalized spacial score (nSPS) is 21.8. The fraction of sp³-hybridized carbons (Fsp3) is 0.533. The Morgan fingerprint density at radius 2 is 2.25 bits per heavy atom. The average Bonchev–Trinajstić information content (AvgIpc) is 2.84. The summed E-state index contributed by atoms with van der Waals surface area (Å²) in [7, 11) is 3.17. The minimum Gasteiger partial charge on any atom is -0.494 e. The molecule has 1 aliphatic rings. The quantitative estimate of drug-likeness (QED) is 0.916. The molecule has 0 bridgehead atoms. The van der Waals surface area contributed by atoms with Crippen molar-refractivity contribution in [2.75, 3.05) is 14.2 Å². The summed E-state index contributed by atoms with van der Waals surface area (Å²) in [5.41, 5.74) is 6.58. The lowest BCUT2D eigenvalue weighted by molar-refractivity contribution is -0.134. The van der Waals surface area contributed by atoms with Crippen molar-refractivity contribution in [1.82, 2.24) is 4.90 Å². The van der Waals surface area contributed by atoms with E-state index in [0.29, 0.717) is 6.54 Å². The monoisotopic (exact) mass is 280 g/mol. The zero-order valence-corrected chi connectivity index (χ0v) is 11.9. The summed E-state index contributed by atoms with van der Waals surface area (Å²) in [5.74, 6) is -0.0921. The van der Waals surface area contributed by atoms with Gasteiger partial charge in [0.1, 0.15) is 0 Å². The van der Waals surface area contributed by atoms with Gasteiger partial charge in [0.25, 0.3) is 0 Å². The van der Waals surface area contributed by atoms with Gasteiger partial charge in [-0.2, -0.15) is 0 Å². The van der Waals surface area contributed by atoms with Gasteiger partial charge in [0.2, 0.25) is 5.91 Å². The van der Waals surface area contributed by atoms with Gasteiger partial charge in [-0.05, 0) is 37.0 Å². The number of benzene rings is 1. The van der Waals surface area contributed by atoms with Crippen molar-refractivity contribution in [3.05, 3.63) is 29.6 Å². The van der Waals surface area contributed by atoms with Crippen LogP contribution in [0.4, 0.5) is 4.39 Å². The number of methoxy groups -OCH3 is 1. The number of hydrogen-bond acceptors (Lipinski definition) is 3. The van der Waals surface area contributed by atoms with Crippen LogP contribution in [0.2, 0.25) is 0 Å². The van der Waals surface area contributed by atoms with E-state index < -0.39 is 5.82 Å². The third kappa shape index (κ3) is 3.28. The number of carbonyl (C=O) groups is 1. The Balaban J connectivity index is 1.98. The van der Waals surface area contributed by atoms with E-state index in [2.05, 4.69) is 0 Å². The van der Waals surface area contributed by atoms with Gasteiger partial charge < -0.3 is 15.4 Å². The van der Waals surface area contributed by atoms with Gasteiger partial charge in [-0.15, -0.1) is 0 Å². The van der Waals surface area contributed by atoms with Gasteiger partial charge >= 0.3 is 0 Å². The summed E-state index contributed by atoms with van der Waals surface area (Å²) < 4.78 is 18.5. The molecule has 110 valence electrons. The van der Waals surface area contributed by atoms with E-state index in [1.807, 2.05) is 0 Å². The molecule has 1 amide bonds. The fourth-order valence-electron chi connectivity index (χ4n) is 2.71. The molecule has 0 heterocycles. The topological polar surface area (TPSA) is 55.6 Å². The maximum atomic E-state index is 13.6. The highest BCUT2D eigenvalue weighted by Crippen LogP contribution is 2.26. The van der Waals surface area contributed by atoms with Gasteiger partial charge in [0, 0.05) is 25.6 Å². The molecule has 1 saturated carbocycles. The minimum atomic E-state index is -0.409. The number of rotatable bonds is 4. The van der Waals surface area contributed by atoms with Crippen molar-refractivity contribution in [1.29, 1.82) is 0 Å². The molecule has 2 N–H and O–H groups in total. The molecule has 0 aliphatic heterocycles. The number of ether oxygens (including phenoxy) is 1. The largest absolute Gasteiger partial charge is 0.494 e. The van der Waals surface area contributed by atoms with Gasteiger partial charge in [-0.1, -0.05) is 6.07 Å². The number of nitrogens with zero attached hydrogens (tertiary/aromatic N) is 1. The van der Waals surface area contributed by atoms with Crippen LogP contribution in [0, 0.1) is 11.7 Å². The predicted octanol–water partition coefficient (Wildman–Crippen LogP) is 1.92. The first-order valence-corrected chi connectivity index (χ1v) is 6.84. The Labute approximate surface area is 118 Å². The molecule has 1 fully saturated rings. The maximum Gasteiger partial charge on any atom is 0.225 e. The van der Waals surface area contributed by atoms with Crippen LogP contribution in [0.15, 0.2) is 18.2 Å². The van der Waals surface area contributed by atoms with Crippen molar-refractivity contribution in [3.8, 4) is 5.75 Å². The van der Waals surface area contributed by atoms with Crippen molar-refractivity contribution in [2.45, 2.75) is 31.8 Å². The van der Waals surface area contributed by atoms with Crippen LogP contribution in [0.1, 0.15) is 24.8 Å². The molecule has 20 heavy (non-hydrogen) atoms. The van der Waals surface area contributed by atoms with E-state index in [1.54, 1.807) is 24.1 Å². The Kier molecular flexibility index (Phi) is 4.60. The molecular weight excluding hydrogens is 259 g/mol. The lowest BCUT2D eigenvalue weighted by atomic mass is 10.1. The maximum absolute atomic E-state index is 13.6. The summed E-state index contributed by atoms with van der Waals surface area (Å²) in [6, 6.07) is 4.89. The summed E-state index contributed by atoms with van der Waals surface area (Å²) in [6.07, 6.45) is 2.50. The predicted molar refractivity (Wildman–Crippen MR) is 74.7 cm³/mol. The average molecular weight is 280 g/mol. The lowest BCUT2D eigenvalue weighted by Crippen LogP contribution is -2.32. The SMILES string of the molecule is COc1ccc(CN(C)C(=O)[C@@H]2CC[C@@H](N)C2)cc1F. The van der Waals surface area contributed by atoms with E-state index in [-0.39, 0.29) is 23.6 Å². The van der Waals surface area contributed by atoms with E-state index in [9.17, 15) is 9.18 Å². The lowest BCUT2D eigenvalue weighted by Gasteiger charge is -2.21. The fourth-order valence-corrected chi connectivity index (χ4v) is 2.71. The minimum absolute atomic E-state index is 0.0121. The summed E-state index contributed by atoms with van der Waals surface area (Å²) in [4.78, 5) is 13.9. The highest BCUT2D eigenvalue weighted by atomic mass is 19.1. The van der Waals surface area contributed by atoms with Crippen LogP contribution in [0.3, 0.4) is 0 Å². The van der Waals surface area contributed by atoms with Crippen molar-refractivity contribution in [3.63, 3.8) is 0 Å². The third-order valence-corrected chi connectivity index (χ3v) is 3.83. The second kappa shape index (κ2) is 6.22. The van der Waals surface area contributed by atoms with Crippen LogP contribution in [0.5, 0.6) is 5.75 Å². The summed E-state index contributed by atoms with van der Waals surface area (Å²) in [5, 5.41) is 0. The molecule has 5 heteroatoms. The number of hydrogen-bond donors (Lipinski definition) is 1. The third-order valence-electron chi connectivity index (χ3n) is 3.83. The second-order valence-electron chi connectivity index (χ2n) is 5.43. The standard InChI is InChI=1S/C15H21FN2O2/c1-18(15(19)11-4-5-12(17)8-11)9-10-3-6-14(20-2)13(16)7-10/h3,6-7,11-12H,4-5,8-9,17H2,1-2H3/t11-,12-/m1/s1. The highest BCUT2D eigenvalue weighted by molar-refractivity contribution is 5.79. The van der Waals surface area contributed by atoms with Crippen LogP contribution in [-0.2, 0) is 11.3 Å². The van der Waals surface area contributed by atoms with E-state index in [0.717, 1.165) is 24.8 Å². The van der Waals surface area contributed by atoms with Crippen LogP contribution in [0.25, 0.3) is 0 Å². The molecule has 1 aliphatic carbocycles. The van der Waals surface area contributed by atoms with E-state index in [4.69, 9.17) is 10.5 Å². The van der Waals surface area contributed by atoms with Crippen molar-refractivity contribution in [2.24, 2.45) is 11.7 Å². The molecule has 2 atom stereocenters. The van der Waals surface area contributed by atoms with Crippen LogP contribution >= 0.6 is 0 Å². The Hall–Kier alpha value is -1.62. The Morgan fingerprint density at radius 1 is 1.50 bits per heavy atom. The first kappa shape index (κ1) is 14.8. The molecule has 0 saturated heterocycles. The van der Waals surface area contributed by atoms with E-state index >= 15 is 0 Å². The molecule has 1 aromatic rings.